The third-order valence-electron chi connectivity index (χ3n) is 3.94. The zero-order chi connectivity index (χ0) is 19.2. The summed E-state index contributed by atoms with van der Waals surface area (Å²) in [6, 6.07) is 18.0. The Kier molecular flexibility index (Phi) is 6.08. The van der Waals surface area contributed by atoms with Crippen molar-refractivity contribution in [2.75, 3.05) is 7.11 Å². The Morgan fingerprint density at radius 2 is 1.96 bits per heavy atom. The van der Waals surface area contributed by atoms with E-state index >= 15 is 0 Å². The van der Waals surface area contributed by atoms with Gasteiger partial charge in [-0.1, -0.05) is 42.5 Å². The summed E-state index contributed by atoms with van der Waals surface area (Å²) < 4.78 is 12.3. The summed E-state index contributed by atoms with van der Waals surface area (Å²) in [6.45, 7) is 1.81. The molecule has 0 heterocycles. The van der Waals surface area contributed by atoms with Gasteiger partial charge in [-0.25, -0.2) is 5.43 Å². The maximum absolute atomic E-state index is 10.9. The second kappa shape index (κ2) is 8.68. The van der Waals surface area contributed by atoms with Crippen LogP contribution in [-0.2, 0) is 11.4 Å². The number of nitrogens with one attached hydrogen (secondary N) is 1. The van der Waals surface area contributed by atoms with Crippen molar-refractivity contribution < 1.29 is 14.3 Å². The van der Waals surface area contributed by atoms with Gasteiger partial charge in [-0.2, -0.15) is 5.10 Å². The maximum atomic E-state index is 10.9. The van der Waals surface area contributed by atoms with E-state index in [0.717, 1.165) is 21.0 Å². The fraction of sp³-hybridized carbons (Fsp3) is 0.143. The van der Waals surface area contributed by atoms with Gasteiger partial charge in [0.2, 0.25) is 5.91 Å². The highest BCUT2D eigenvalue weighted by molar-refractivity contribution is 9.10. The maximum Gasteiger partial charge on any atom is 0.236 e. The summed E-state index contributed by atoms with van der Waals surface area (Å²) in [6.07, 6.45) is 1.54. The Hall–Kier alpha value is -2.86. The van der Waals surface area contributed by atoms with Gasteiger partial charge in [-0.05, 0) is 50.0 Å². The molecule has 0 saturated heterocycles. The largest absolute Gasteiger partial charge is 0.493 e. The minimum atomic E-state index is -0.229. The molecule has 0 saturated carbocycles. The van der Waals surface area contributed by atoms with E-state index in [4.69, 9.17) is 9.47 Å². The number of methoxy groups -OCH3 is 1. The van der Waals surface area contributed by atoms with E-state index in [0.29, 0.717) is 18.1 Å². The third kappa shape index (κ3) is 4.65. The van der Waals surface area contributed by atoms with Crippen LogP contribution < -0.4 is 14.9 Å². The van der Waals surface area contributed by atoms with E-state index < -0.39 is 0 Å². The molecule has 0 aromatic heterocycles. The van der Waals surface area contributed by atoms with Crippen molar-refractivity contribution in [1.29, 1.82) is 0 Å². The highest BCUT2D eigenvalue weighted by Crippen LogP contribution is 2.37. The number of rotatable bonds is 6. The van der Waals surface area contributed by atoms with E-state index in [1.165, 1.54) is 12.3 Å². The molecule has 3 aromatic rings. The number of ether oxygens (including phenoxy) is 2. The zero-order valence-electron chi connectivity index (χ0n) is 15.0. The lowest BCUT2D eigenvalue weighted by Gasteiger charge is -2.14. The molecule has 0 radical (unpaired) electrons. The Balaban J connectivity index is 1.84. The summed E-state index contributed by atoms with van der Waals surface area (Å²) in [5, 5.41) is 6.21. The summed E-state index contributed by atoms with van der Waals surface area (Å²) in [5.74, 6) is 0.961. The van der Waals surface area contributed by atoms with Crippen molar-refractivity contribution in [3.63, 3.8) is 0 Å². The molecular weight excluding hydrogens is 408 g/mol. The average molecular weight is 427 g/mol. The number of nitrogens with zero attached hydrogens (tertiary/aromatic N) is 1. The molecule has 138 valence electrons. The molecule has 1 amide bonds. The second-order valence-electron chi connectivity index (χ2n) is 5.89. The molecule has 3 rings (SSSR count). The van der Waals surface area contributed by atoms with Gasteiger partial charge < -0.3 is 9.47 Å². The number of hydrazone groups is 1. The van der Waals surface area contributed by atoms with Crippen LogP contribution in [0.3, 0.4) is 0 Å². The topological polar surface area (TPSA) is 59.9 Å². The van der Waals surface area contributed by atoms with Crippen molar-refractivity contribution in [3.05, 3.63) is 70.2 Å². The van der Waals surface area contributed by atoms with Crippen LogP contribution in [0.4, 0.5) is 0 Å². The van der Waals surface area contributed by atoms with E-state index in [1.54, 1.807) is 19.4 Å². The summed E-state index contributed by atoms with van der Waals surface area (Å²) in [7, 11) is 1.58. The number of halogens is 1. The number of fused-ring (bicyclic) bond motifs is 1. The first-order valence-electron chi connectivity index (χ1n) is 8.35. The molecule has 0 spiro atoms. The van der Waals surface area contributed by atoms with E-state index in [-0.39, 0.29) is 5.91 Å². The molecule has 0 atom stereocenters. The van der Waals surface area contributed by atoms with Crippen molar-refractivity contribution in [2.24, 2.45) is 5.10 Å². The van der Waals surface area contributed by atoms with Crippen LogP contribution in [0.25, 0.3) is 10.8 Å². The minimum Gasteiger partial charge on any atom is -0.493 e. The van der Waals surface area contributed by atoms with Gasteiger partial charge in [0.15, 0.2) is 11.5 Å². The first-order valence-corrected chi connectivity index (χ1v) is 9.14. The van der Waals surface area contributed by atoms with Gasteiger partial charge in [0.05, 0.1) is 17.8 Å². The van der Waals surface area contributed by atoms with Crippen LogP contribution in [0.2, 0.25) is 0 Å². The minimum absolute atomic E-state index is 0.229. The molecule has 3 aromatic carbocycles. The van der Waals surface area contributed by atoms with E-state index in [1.807, 2.05) is 24.3 Å². The van der Waals surface area contributed by atoms with Crippen molar-refractivity contribution in [2.45, 2.75) is 13.5 Å². The smallest absolute Gasteiger partial charge is 0.236 e. The first-order chi connectivity index (χ1) is 13.1. The molecular formula is C21H19BrN2O3. The summed E-state index contributed by atoms with van der Waals surface area (Å²) in [4.78, 5) is 10.9. The SMILES string of the molecule is COc1cc(C=NNC(C)=O)cc(Br)c1OCc1cccc2ccccc12. The lowest BCUT2D eigenvalue weighted by atomic mass is 10.1. The van der Waals surface area contributed by atoms with Crippen LogP contribution >= 0.6 is 15.9 Å². The predicted octanol–water partition coefficient (Wildman–Crippen LogP) is 4.66. The van der Waals surface area contributed by atoms with Gasteiger partial charge in [0.25, 0.3) is 0 Å². The lowest BCUT2D eigenvalue weighted by Crippen LogP contribution is -2.12. The standard InChI is InChI=1S/C21H19BrN2O3/c1-14(25)24-23-12-15-10-19(22)21(20(11-15)26-2)27-13-17-8-5-7-16-6-3-4-9-18(16)17/h3-12H,13H2,1-2H3,(H,24,25). The molecule has 0 bridgehead atoms. The number of benzene rings is 3. The van der Waals surface area contributed by atoms with Crippen LogP contribution in [0, 0.1) is 0 Å². The molecule has 0 aliphatic rings. The van der Waals surface area contributed by atoms with Gasteiger partial charge in [0.1, 0.15) is 6.61 Å². The fourth-order valence-corrected chi connectivity index (χ4v) is 3.29. The lowest BCUT2D eigenvalue weighted by molar-refractivity contribution is -0.118. The molecule has 0 aliphatic carbocycles. The monoisotopic (exact) mass is 426 g/mol. The third-order valence-corrected chi connectivity index (χ3v) is 4.53. The number of amides is 1. The number of hydrogen-bond acceptors (Lipinski definition) is 4. The first kappa shape index (κ1) is 18.9. The number of hydrogen-bond donors (Lipinski definition) is 1. The Bertz CT molecular complexity index is 997. The molecule has 0 fully saturated rings. The highest BCUT2D eigenvalue weighted by Gasteiger charge is 2.12. The quantitative estimate of drug-likeness (QED) is 0.460. The molecule has 1 N–H and O–H groups in total. The predicted molar refractivity (Wildman–Crippen MR) is 110 cm³/mol. The van der Waals surface area contributed by atoms with E-state index in [9.17, 15) is 4.79 Å². The molecule has 0 aliphatic heterocycles. The fourth-order valence-electron chi connectivity index (χ4n) is 2.72. The van der Waals surface area contributed by atoms with Crippen molar-refractivity contribution in [1.82, 2.24) is 5.43 Å². The van der Waals surface area contributed by atoms with Gasteiger partial charge in [-0.3, -0.25) is 4.79 Å². The Morgan fingerprint density at radius 1 is 1.19 bits per heavy atom. The second-order valence-corrected chi connectivity index (χ2v) is 6.74. The zero-order valence-corrected chi connectivity index (χ0v) is 16.6. The summed E-state index contributed by atoms with van der Waals surface area (Å²) in [5.41, 5.74) is 4.24. The van der Waals surface area contributed by atoms with Crippen molar-refractivity contribution >= 4 is 38.8 Å². The Morgan fingerprint density at radius 3 is 2.74 bits per heavy atom. The molecule has 6 heteroatoms. The van der Waals surface area contributed by atoms with E-state index in [2.05, 4.69) is 50.7 Å². The molecule has 0 unspecified atom stereocenters. The van der Waals surface area contributed by atoms with Gasteiger partial charge >= 0.3 is 0 Å². The van der Waals surface area contributed by atoms with Gasteiger partial charge in [-0.15, -0.1) is 0 Å². The summed E-state index contributed by atoms with van der Waals surface area (Å²) >= 11 is 3.53. The molecule has 5 nitrogen and oxygen atoms in total. The number of carbonyl (C=O) groups excluding carboxylic acids is 1. The average Bonchev–Trinajstić information content (AvgIpc) is 2.66. The molecule has 27 heavy (non-hydrogen) atoms. The van der Waals surface area contributed by atoms with Gasteiger partial charge in [0, 0.05) is 6.92 Å². The van der Waals surface area contributed by atoms with Crippen molar-refractivity contribution in [3.8, 4) is 11.5 Å². The van der Waals surface area contributed by atoms with Crippen LogP contribution in [0.15, 0.2) is 64.2 Å². The van der Waals surface area contributed by atoms with Crippen LogP contribution in [-0.4, -0.2) is 19.2 Å². The van der Waals surface area contributed by atoms with Crippen LogP contribution in [0.1, 0.15) is 18.1 Å². The van der Waals surface area contributed by atoms with Crippen LogP contribution in [0.5, 0.6) is 11.5 Å². The number of carbonyl (C=O) groups is 1. The highest BCUT2D eigenvalue weighted by atomic mass is 79.9. The normalized spacial score (nSPS) is 10.9. The Labute approximate surface area is 166 Å².